The van der Waals surface area contributed by atoms with Crippen molar-refractivity contribution in [2.45, 2.75) is 13.3 Å². The SMILES string of the molecule is CCCNc1ncnc(Oc2ccccc2)c1Br. The van der Waals surface area contributed by atoms with E-state index in [-0.39, 0.29) is 0 Å². The summed E-state index contributed by atoms with van der Waals surface area (Å²) < 4.78 is 6.43. The van der Waals surface area contributed by atoms with Crippen LogP contribution in [0.25, 0.3) is 0 Å². The molecule has 0 atom stereocenters. The molecule has 2 rings (SSSR count). The van der Waals surface area contributed by atoms with Gasteiger partial charge in [-0.2, -0.15) is 0 Å². The zero-order valence-corrected chi connectivity index (χ0v) is 11.6. The van der Waals surface area contributed by atoms with Gasteiger partial charge in [0.1, 0.15) is 22.4 Å². The van der Waals surface area contributed by atoms with Crippen LogP contribution in [0.1, 0.15) is 13.3 Å². The maximum absolute atomic E-state index is 5.69. The maximum Gasteiger partial charge on any atom is 0.238 e. The first-order chi connectivity index (χ1) is 8.81. The van der Waals surface area contributed by atoms with E-state index in [0.717, 1.165) is 29.0 Å². The van der Waals surface area contributed by atoms with E-state index >= 15 is 0 Å². The van der Waals surface area contributed by atoms with Crippen molar-refractivity contribution in [1.82, 2.24) is 9.97 Å². The Hall–Kier alpha value is -1.62. The second kappa shape index (κ2) is 6.35. The Morgan fingerprint density at radius 3 is 2.72 bits per heavy atom. The van der Waals surface area contributed by atoms with Crippen LogP contribution in [0.4, 0.5) is 5.82 Å². The highest BCUT2D eigenvalue weighted by molar-refractivity contribution is 9.10. The zero-order chi connectivity index (χ0) is 12.8. The second-order valence-corrected chi connectivity index (χ2v) is 4.48. The van der Waals surface area contributed by atoms with E-state index in [1.807, 2.05) is 30.3 Å². The van der Waals surface area contributed by atoms with Crippen LogP contribution in [-0.2, 0) is 0 Å². The minimum absolute atomic E-state index is 0.509. The van der Waals surface area contributed by atoms with Crippen molar-refractivity contribution in [2.75, 3.05) is 11.9 Å². The molecule has 94 valence electrons. The highest BCUT2D eigenvalue weighted by Crippen LogP contribution is 2.31. The molecule has 18 heavy (non-hydrogen) atoms. The molecule has 0 aliphatic heterocycles. The van der Waals surface area contributed by atoms with Gasteiger partial charge in [0, 0.05) is 6.54 Å². The van der Waals surface area contributed by atoms with Crippen molar-refractivity contribution < 1.29 is 4.74 Å². The molecular formula is C13H14BrN3O. The van der Waals surface area contributed by atoms with E-state index in [1.165, 1.54) is 6.33 Å². The van der Waals surface area contributed by atoms with Gasteiger partial charge < -0.3 is 10.1 Å². The zero-order valence-electron chi connectivity index (χ0n) is 10.1. The van der Waals surface area contributed by atoms with E-state index in [2.05, 4.69) is 38.1 Å². The summed E-state index contributed by atoms with van der Waals surface area (Å²) in [7, 11) is 0. The van der Waals surface area contributed by atoms with Crippen LogP contribution in [0.15, 0.2) is 41.1 Å². The Balaban J connectivity index is 2.18. The average molecular weight is 308 g/mol. The van der Waals surface area contributed by atoms with Gasteiger partial charge in [0.15, 0.2) is 0 Å². The molecule has 5 heteroatoms. The van der Waals surface area contributed by atoms with E-state index in [0.29, 0.717) is 5.88 Å². The lowest BCUT2D eigenvalue weighted by molar-refractivity contribution is 0.458. The van der Waals surface area contributed by atoms with Gasteiger partial charge >= 0.3 is 0 Å². The molecule has 0 unspecified atom stereocenters. The highest BCUT2D eigenvalue weighted by atomic mass is 79.9. The van der Waals surface area contributed by atoms with E-state index in [4.69, 9.17) is 4.74 Å². The smallest absolute Gasteiger partial charge is 0.238 e. The summed E-state index contributed by atoms with van der Waals surface area (Å²) >= 11 is 3.46. The van der Waals surface area contributed by atoms with Crippen LogP contribution in [0, 0.1) is 0 Å². The number of halogens is 1. The molecule has 0 aliphatic carbocycles. The third-order valence-electron chi connectivity index (χ3n) is 2.26. The van der Waals surface area contributed by atoms with Crippen molar-refractivity contribution in [3.8, 4) is 11.6 Å². The Bertz CT molecular complexity index is 505. The van der Waals surface area contributed by atoms with E-state index in [1.54, 1.807) is 0 Å². The fraction of sp³-hybridized carbons (Fsp3) is 0.231. The van der Waals surface area contributed by atoms with E-state index in [9.17, 15) is 0 Å². The van der Waals surface area contributed by atoms with Crippen LogP contribution >= 0.6 is 15.9 Å². The minimum Gasteiger partial charge on any atom is -0.438 e. The number of nitrogens with one attached hydrogen (secondary N) is 1. The number of anilines is 1. The van der Waals surface area contributed by atoms with Gasteiger partial charge in [-0.1, -0.05) is 25.1 Å². The van der Waals surface area contributed by atoms with Crippen molar-refractivity contribution in [3.05, 3.63) is 41.1 Å². The van der Waals surface area contributed by atoms with Crippen molar-refractivity contribution in [1.29, 1.82) is 0 Å². The third kappa shape index (κ3) is 3.20. The molecule has 2 aromatic rings. The summed E-state index contributed by atoms with van der Waals surface area (Å²) in [5.41, 5.74) is 0. The molecule has 1 aromatic carbocycles. The number of nitrogens with zero attached hydrogens (tertiary/aromatic N) is 2. The second-order valence-electron chi connectivity index (χ2n) is 3.68. The Kier molecular flexibility index (Phi) is 4.52. The van der Waals surface area contributed by atoms with Crippen LogP contribution in [0.3, 0.4) is 0 Å². The van der Waals surface area contributed by atoms with E-state index < -0.39 is 0 Å². The first-order valence-electron chi connectivity index (χ1n) is 5.78. The van der Waals surface area contributed by atoms with Crippen molar-refractivity contribution in [2.24, 2.45) is 0 Å². The molecule has 1 N–H and O–H groups in total. The molecule has 0 aliphatic rings. The number of hydrogen-bond acceptors (Lipinski definition) is 4. The van der Waals surface area contributed by atoms with Gasteiger partial charge in [0.2, 0.25) is 5.88 Å². The molecule has 1 aromatic heterocycles. The summed E-state index contributed by atoms with van der Waals surface area (Å²) in [6, 6.07) is 9.54. The lowest BCUT2D eigenvalue weighted by Gasteiger charge is -2.10. The fourth-order valence-electron chi connectivity index (χ4n) is 1.39. The summed E-state index contributed by atoms with van der Waals surface area (Å²) in [6.07, 6.45) is 2.52. The summed E-state index contributed by atoms with van der Waals surface area (Å²) in [4.78, 5) is 8.29. The van der Waals surface area contributed by atoms with Crippen LogP contribution < -0.4 is 10.1 Å². The molecule has 0 saturated carbocycles. The predicted molar refractivity (Wildman–Crippen MR) is 75.0 cm³/mol. The average Bonchev–Trinajstić information content (AvgIpc) is 2.41. The van der Waals surface area contributed by atoms with Gasteiger partial charge in [0.25, 0.3) is 0 Å². The number of hydrogen-bond donors (Lipinski definition) is 1. The van der Waals surface area contributed by atoms with Crippen LogP contribution in [0.2, 0.25) is 0 Å². The Morgan fingerprint density at radius 1 is 1.22 bits per heavy atom. The third-order valence-corrected chi connectivity index (χ3v) is 2.97. The first-order valence-corrected chi connectivity index (χ1v) is 6.58. The number of para-hydroxylation sites is 1. The molecule has 0 saturated heterocycles. The van der Waals surface area contributed by atoms with Crippen LogP contribution in [-0.4, -0.2) is 16.5 Å². The summed E-state index contributed by atoms with van der Waals surface area (Å²) in [5, 5.41) is 3.21. The Morgan fingerprint density at radius 2 is 2.00 bits per heavy atom. The molecule has 0 radical (unpaired) electrons. The van der Waals surface area contributed by atoms with Gasteiger partial charge in [-0.05, 0) is 34.5 Å². The van der Waals surface area contributed by atoms with Gasteiger partial charge in [-0.15, -0.1) is 0 Å². The van der Waals surface area contributed by atoms with Gasteiger partial charge in [0.05, 0.1) is 0 Å². The fourth-order valence-corrected chi connectivity index (χ4v) is 1.82. The van der Waals surface area contributed by atoms with Gasteiger partial charge in [-0.3, -0.25) is 0 Å². The standard InChI is InChI=1S/C13H14BrN3O/c1-2-8-15-12-11(14)13(17-9-16-12)18-10-6-4-3-5-7-10/h3-7,9H,2,8H2,1H3,(H,15,16,17). The molecule has 0 bridgehead atoms. The molecular weight excluding hydrogens is 294 g/mol. The molecule has 0 fully saturated rings. The summed E-state index contributed by atoms with van der Waals surface area (Å²) in [5.74, 6) is 2.01. The maximum atomic E-state index is 5.69. The monoisotopic (exact) mass is 307 g/mol. The first kappa shape index (κ1) is 12.8. The lowest BCUT2D eigenvalue weighted by Crippen LogP contribution is -2.04. The molecule has 4 nitrogen and oxygen atoms in total. The predicted octanol–water partition coefficient (Wildman–Crippen LogP) is 3.85. The normalized spacial score (nSPS) is 10.1. The number of ether oxygens (including phenoxy) is 1. The number of benzene rings is 1. The number of rotatable bonds is 5. The van der Waals surface area contributed by atoms with Gasteiger partial charge in [-0.25, -0.2) is 9.97 Å². The topological polar surface area (TPSA) is 47.0 Å². The minimum atomic E-state index is 0.509. The summed E-state index contributed by atoms with van der Waals surface area (Å²) in [6.45, 7) is 2.96. The van der Waals surface area contributed by atoms with Crippen LogP contribution in [0.5, 0.6) is 11.6 Å². The lowest BCUT2D eigenvalue weighted by atomic mass is 10.3. The number of aromatic nitrogens is 2. The molecule has 0 amide bonds. The molecule has 1 heterocycles. The van der Waals surface area contributed by atoms with Crippen molar-refractivity contribution >= 4 is 21.7 Å². The molecule has 0 spiro atoms. The quantitative estimate of drug-likeness (QED) is 0.911. The largest absolute Gasteiger partial charge is 0.438 e. The Labute approximate surface area is 115 Å². The van der Waals surface area contributed by atoms with Crippen molar-refractivity contribution in [3.63, 3.8) is 0 Å². The highest BCUT2D eigenvalue weighted by Gasteiger charge is 2.10.